The van der Waals surface area contributed by atoms with E-state index in [4.69, 9.17) is 4.74 Å². The molecule has 0 bridgehead atoms. The van der Waals surface area contributed by atoms with Crippen molar-refractivity contribution in [3.63, 3.8) is 0 Å². The number of ether oxygens (including phenoxy) is 1. The van der Waals surface area contributed by atoms with Crippen molar-refractivity contribution in [2.24, 2.45) is 0 Å². The molecule has 2 aromatic rings. The fourth-order valence-corrected chi connectivity index (χ4v) is 2.51. The van der Waals surface area contributed by atoms with E-state index < -0.39 is 11.7 Å². The molecule has 1 amide bonds. The Balaban J connectivity index is 1.86. The van der Waals surface area contributed by atoms with Crippen molar-refractivity contribution in [3.05, 3.63) is 54.2 Å². The highest BCUT2D eigenvalue weighted by Gasteiger charge is 2.16. The molecule has 1 heterocycles. The molecule has 1 N–H and O–H groups in total. The highest BCUT2D eigenvalue weighted by molar-refractivity contribution is 7.98. The first-order valence-electron chi connectivity index (χ1n) is 7.05. The largest absolute Gasteiger partial charge is 0.444 e. The predicted octanol–water partition coefficient (Wildman–Crippen LogP) is 4.72. The Bertz CT molecular complexity index is 607. The number of carbonyl (C=O) groups excluding carboxylic acids is 1. The predicted molar refractivity (Wildman–Crippen MR) is 90.1 cm³/mol. The average molecular weight is 316 g/mol. The zero-order chi connectivity index (χ0) is 16.0. The van der Waals surface area contributed by atoms with Gasteiger partial charge in [0.15, 0.2) is 0 Å². The van der Waals surface area contributed by atoms with Gasteiger partial charge in [-0.2, -0.15) is 0 Å². The lowest BCUT2D eigenvalue weighted by Gasteiger charge is -2.19. The fraction of sp³-hybridized carbons (Fsp3) is 0.294. The van der Waals surface area contributed by atoms with Crippen LogP contribution in [0.3, 0.4) is 0 Å². The van der Waals surface area contributed by atoms with Gasteiger partial charge in [-0.15, -0.1) is 11.8 Å². The van der Waals surface area contributed by atoms with E-state index in [0.29, 0.717) is 5.82 Å². The monoisotopic (exact) mass is 316 g/mol. The van der Waals surface area contributed by atoms with Crippen LogP contribution in [-0.4, -0.2) is 16.7 Å². The number of carbonyl (C=O) groups is 1. The van der Waals surface area contributed by atoms with Crippen molar-refractivity contribution in [2.45, 2.75) is 37.0 Å². The molecule has 0 aliphatic carbocycles. The number of nitrogens with zero attached hydrogens (tertiary/aromatic N) is 1. The molecule has 0 aliphatic rings. The summed E-state index contributed by atoms with van der Waals surface area (Å²) in [5.74, 6) is 1.37. The molecule has 0 unspecified atom stereocenters. The molecule has 0 atom stereocenters. The number of anilines is 1. The van der Waals surface area contributed by atoms with Crippen molar-refractivity contribution in [1.29, 1.82) is 0 Å². The molecular weight excluding hydrogens is 296 g/mol. The van der Waals surface area contributed by atoms with E-state index in [9.17, 15) is 4.79 Å². The van der Waals surface area contributed by atoms with Gasteiger partial charge < -0.3 is 4.74 Å². The summed E-state index contributed by atoms with van der Waals surface area (Å²) >= 11 is 1.70. The van der Waals surface area contributed by atoms with Gasteiger partial charge in [0.25, 0.3) is 0 Å². The molecule has 1 aromatic carbocycles. The Morgan fingerprint density at radius 2 is 1.91 bits per heavy atom. The third-order valence-electron chi connectivity index (χ3n) is 2.61. The Kier molecular flexibility index (Phi) is 5.44. The summed E-state index contributed by atoms with van der Waals surface area (Å²) in [5.41, 5.74) is 0.749. The van der Waals surface area contributed by atoms with E-state index in [0.717, 1.165) is 10.6 Å². The summed E-state index contributed by atoms with van der Waals surface area (Å²) in [4.78, 5) is 16.9. The quantitative estimate of drug-likeness (QED) is 0.829. The molecule has 5 heteroatoms. The lowest BCUT2D eigenvalue weighted by Crippen LogP contribution is -2.27. The van der Waals surface area contributed by atoms with Crippen LogP contribution in [0.4, 0.5) is 10.6 Å². The number of amides is 1. The summed E-state index contributed by atoms with van der Waals surface area (Å²) in [6.45, 7) is 5.47. The maximum absolute atomic E-state index is 11.6. The number of benzene rings is 1. The molecule has 1 aromatic heterocycles. The van der Waals surface area contributed by atoms with Gasteiger partial charge in [0.2, 0.25) is 0 Å². The second-order valence-corrected chi connectivity index (χ2v) is 6.83. The Morgan fingerprint density at radius 1 is 1.18 bits per heavy atom. The molecule has 0 saturated carbocycles. The van der Waals surface area contributed by atoms with Crippen LogP contribution in [0.1, 0.15) is 26.3 Å². The van der Waals surface area contributed by atoms with Gasteiger partial charge in [0.1, 0.15) is 11.4 Å². The van der Waals surface area contributed by atoms with Crippen LogP contribution in [-0.2, 0) is 10.5 Å². The average Bonchev–Trinajstić information content (AvgIpc) is 2.45. The minimum atomic E-state index is -0.518. The van der Waals surface area contributed by atoms with Gasteiger partial charge in [0, 0.05) is 16.8 Å². The second kappa shape index (κ2) is 7.31. The summed E-state index contributed by atoms with van der Waals surface area (Å²) in [5, 5.41) is 2.62. The summed E-state index contributed by atoms with van der Waals surface area (Å²) in [6.07, 6.45) is 1.25. The van der Waals surface area contributed by atoms with Gasteiger partial charge in [-0.3, -0.25) is 5.32 Å². The summed E-state index contributed by atoms with van der Waals surface area (Å²) < 4.78 is 5.18. The number of pyridine rings is 1. The number of thioether (sulfide) groups is 1. The number of aromatic nitrogens is 1. The van der Waals surface area contributed by atoms with Crippen molar-refractivity contribution in [1.82, 2.24) is 4.98 Å². The number of hydrogen-bond donors (Lipinski definition) is 1. The summed E-state index contributed by atoms with van der Waals surface area (Å²) in [7, 11) is 0. The molecule has 2 rings (SSSR count). The van der Waals surface area contributed by atoms with Crippen LogP contribution in [0, 0.1) is 0 Å². The van der Waals surface area contributed by atoms with E-state index >= 15 is 0 Å². The first-order chi connectivity index (χ1) is 10.4. The van der Waals surface area contributed by atoms with E-state index in [1.54, 1.807) is 24.0 Å². The van der Waals surface area contributed by atoms with E-state index in [1.165, 1.54) is 5.56 Å². The van der Waals surface area contributed by atoms with Crippen LogP contribution < -0.4 is 5.32 Å². The molecule has 116 valence electrons. The molecule has 4 nitrogen and oxygen atoms in total. The van der Waals surface area contributed by atoms with Crippen LogP contribution in [0.5, 0.6) is 0 Å². The minimum absolute atomic E-state index is 0.485. The minimum Gasteiger partial charge on any atom is -0.444 e. The van der Waals surface area contributed by atoms with Crippen molar-refractivity contribution in [2.75, 3.05) is 5.32 Å². The first kappa shape index (κ1) is 16.4. The standard InChI is InChI=1S/C17H20N2O2S/c1-17(2,3)21-16(20)19-15-10-9-14(11-18-15)22-12-13-7-5-4-6-8-13/h4-11H,12H2,1-3H3,(H,18,19,20). The smallest absolute Gasteiger partial charge is 0.413 e. The third kappa shape index (κ3) is 5.77. The molecular formula is C17H20N2O2S. The molecule has 0 radical (unpaired) electrons. The fourth-order valence-electron chi connectivity index (χ4n) is 1.69. The van der Waals surface area contributed by atoms with Crippen LogP contribution in [0.2, 0.25) is 0 Å². The summed E-state index contributed by atoms with van der Waals surface area (Å²) in [6, 6.07) is 14.0. The molecule has 0 aliphatic heterocycles. The van der Waals surface area contributed by atoms with Crippen molar-refractivity contribution >= 4 is 23.7 Å². The molecule has 0 saturated heterocycles. The molecule has 22 heavy (non-hydrogen) atoms. The lowest BCUT2D eigenvalue weighted by molar-refractivity contribution is 0.0635. The zero-order valence-corrected chi connectivity index (χ0v) is 13.8. The van der Waals surface area contributed by atoms with Gasteiger partial charge in [0.05, 0.1) is 0 Å². The normalized spacial score (nSPS) is 11.0. The number of hydrogen-bond acceptors (Lipinski definition) is 4. The van der Waals surface area contributed by atoms with E-state index in [1.807, 2.05) is 45.0 Å². The van der Waals surface area contributed by atoms with Gasteiger partial charge >= 0.3 is 6.09 Å². The van der Waals surface area contributed by atoms with Crippen molar-refractivity contribution < 1.29 is 9.53 Å². The Labute approximate surface area is 135 Å². The maximum atomic E-state index is 11.6. The zero-order valence-electron chi connectivity index (χ0n) is 13.0. The lowest BCUT2D eigenvalue weighted by atomic mass is 10.2. The number of nitrogens with one attached hydrogen (secondary N) is 1. The van der Waals surface area contributed by atoms with Crippen molar-refractivity contribution in [3.8, 4) is 0 Å². The molecule has 0 fully saturated rings. The number of rotatable bonds is 4. The van der Waals surface area contributed by atoms with Gasteiger partial charge in [-0.1, -0.05) is 30.3 Å². The Morgan fingerprint density at radius 3 is 2.50 bits per heavy atom. The molecule has 0 spiro atoms. The van der Waals surface area contributed by atoms with Crippen LogP contribution >= 0.6 is 11.8 Å². The van der Waals surface area contributed by atoms with Gasteiger partial charge in [-0.25, -0.2) is 9.78 Å². The highest BCUT2D eigenvalue weighted by atomic mass is 32.2. The second-order valence-electron chi connectivity index (χ2n) is 5.78. The van der Waals surface area contributed by atoms with E-state index in [2.05, 4.69) is 22.4 Å². The first-order valence-corrected chi connectivity index (χ1v) is 8.04. The SMILES string of the molecule is CC(C)(C)OC(=O)Nc1ccc(SCc2ccccc2)cn1. The van der Waals surface area contributed by atoms with Gasteiger partial charge in [-0.05, 0) is 38.5 Å². The van der Waals surface area contributed by atoms with E-state index in [-0.39, 0.29) is 0 Å². The Hall–Kier alpha value is -2.01. The van der Waals surface area contributed by atoms with Crippen LogP contribution in [0.25, 0.3) is 0 Å². The van der Waals surface area contributed by atoms with Crippen LogP contribution in [0.15, 0.2) is 53.6 Å². The topological polar surface area (TPSA) is 51.2 Å². The third-order valence-corrected chi connectivity index (χ3v) is 3.67. The maximum Gasteiger partial charge on any atom is 0.413 e. The highest BCUT2D eigenvalue weighted by Crippen LogP contribution is 2.22.